The number of rotatable bonds is 6. The molecule has 22 heavy (non-hydrogen) atoms. The molecule has 128 valence electrons. The maximum Gasteiger partial charge on any atom is 0.223 e. The number of nitrogens with zero attached hydrogens (tertiary/aromatic N) is 1. The lowest BCUT2D eigenvalue weighted by atomic mass is 9.84. The van der Waals surface area contributed by atoms with E-state index in [1.807, 2.05) is 0 Å². The summed E-state index contributed by atoms with van der Waals surface area (Å²) in [5.74, 6) is 2.38. The predicted molar refractivity (Wildman–Crippen MR) is 92.8 cm³/mol. The van der Waals surface area contributed by atoms with E-state index in [0.717, 1.165) is 32.0 Å². The van der Waals surface area contributed by atoms with Crippen LogP contribution < -0.4 is 5.32 Å². The molecule has 3 unspecified atom stereocenters. The molecular weight excluding hydrogens is 272 g/mol. The average molecular weight is 309 g/mol. The minimum absolute atomic E-state index is 0.423. The number of nitrogens with one attached hydrogen (secondary N) is 1. The molecule has 0 spiro atoms. The summed E-state index contributed by atoms with van der Waals surface area (Å²) in [6.45, 7) is 10.1. The van der Waals surface area contributed by atoms with Crippen molar-refractivity contribution >= 4 is 5.91 Å². The average Bonchev–Trinajstić information content (AvgIpc) is 2.54. The Bertz CT molecular complexity index is 336. The van der Waals surface area contributed by atoms with Gasteiger partial charge in [-0.1, -0.05) is 20.8 Å². The number of piperidine rings is 2. The third-order valence-corrected chi connectivity index (χ3v) is 5.66. The Morgan fingerprint density at radius 2 is 2.00 bits per heavy atom. The van der Waals surface area contributed by atoms with Gasteiger partial charge in [-0.05, 0) is 75.8 Å². The smallest absolute Gasteiger partial charge is 0.223 e. The van der Waals surface area contributed by atoms with E-state index in [1.54, 1.807) is 0 Å². The van der Waals surface area contributed by atoms with Crippen LogP contribution in [-0.2, 0) is 4.79 Å². The summed E-state index contributed by atoms with van der Waals surface area (Å²) in [6.07, 6.45) is 9.47. The summed E-state index contributed by atoms with van der Waals surface area (Å²) in [6, 6.07) is 0.514. The van der Waals surface area contributed by atoms with Crippen LogP contribution in [0.5, 0.6) is 0 Å². The third-order valence-electron chi connectivity index (χ3n) is 5.66. The molecule has 2 fully saturated rings. The van der Waals surface area contributed by atoms with Crippen LogP contribution in [-0.4, -0.2) is 36.5 Å². The van der Waals surface area contributed by atoms with E-state index < -0.39 is 0 Å². The molecule has 1 N–H and O–H groups in total. The highest BCUT2D eigenvalue weighted by atomic mass is 16.2. The van der Waals surface area contributed by atoms with Crippen LogP contribution in [0.2, 0.25) is 0 Å². The topological polar surface area (TPSA) is 32.3 Å². The van der Waals surface area contributed by atoms with Crippen LogP contribution in [0.4, 0.5) is 0 Å². The highest BCUT2D eigenvalue weighted by Gasteiger charge is 2.29. The predicted octanol–water partition coefficient (Wildman–Crippen LogP) is 3.83. The second kappa shape index (κ2) is 8.90. The first-order valence-electron chi connectivity index (χ1n) is 9.58. The van der Waals surface area contributed by atoms with Gasteiger partial charge >= 0.3 is 0 Å². The zero-order valence-electron chi connectivity index (χ0n) is 14.9. The molecule has 0 aromatic heterocycles. The van der Waals surface area contributed by atoms with Gasteiger partial charge in [-0.15, -0.1) is 0 Å². The molecule has 2 saturated heterocycles. The first-order chi connectivity index (χ1) is 10.6. The SMILES string of the molecule is CC(C)CCC1CCCCN1C(=O)CC(C)C1CCCNC1. The van der Waals surface area contributed by atoms with Gasteiger partial charge in [0.1, 0.15) is 0 Å². The van der Waals surface area contributed by atoms with Gasteiger partial charge in [-0.3, -0.25) is 4.79 Å². The van der Waals surface area contributed by atoms with Crippen molar-refractivity contribution in [3.05, 3.63) is 0 Å². The van der Waals surface area contributed by atoms with Gasteiger partial charge in [0.05, 0.1) is 0 Å². The van der Waals surface area contributed by atoms with Crippen molar-refractivity contribution in [2.45, 2.75) is 78.2 Å². The summed E-state index contributed by atoms with van der Waals surface area (Å²) >= 11 is 0. The summed E-state index contributed by atoms with van der Waals surface area (Å²) < 4.78 is 0. The number of amides is 1. The van der Waals surface area contributed by atoms with Crippen LogP contribution in [0.15, 0.2) is 0 Å². The van der Waals surface area contributed by atoms with E-state index >= 15 is 0 Å². The lowest BCUT2D eigenvalue weighted by Gasteiger charge is -2.38. The monoisotopic (exact) mass is 308 g/mol. The van der Waals surface area contributed by atoms with Crippen LogP contribution >= 0.6 is 0 Å². The van der Waals surface area contributed by atoms with Crippen LogP contribution in [0.1, 0.15) is 72.1 Å². The largest absolute Gasteiger partial charge is 0.340 e. The number of hydrogen-bond acceptors (Lipinski definition) is 2. The van der Waals surface area contributed by atoms with Gasteiger partial charge in [0, 0.05) is 19.0 Å². The number of carbonyl (C=O) groups is 1. The van der Waals surface area contributed by atoms with Crippen LogP contribution in [0, 0.1) is 17.8 Å². The lowest BCUT2D eigenvalue weighted by Crippen LogP contribution is -2.45. The fourth-order valence-electron chi connectivity index (χ4n) is 4.08. The van der Waals surface area contributed by atoms with Crippen molar-refractivity contribution in [2.24, 2.45) is 17.8 Å². The quantitative estimate of drug-likeness (QED) is 0.809. The van der Waals surface area contributed by atoms with E-state index in [-0.39, 0.29) is 0 Å². The van der Waals surface area contributed by atoms with Gasteiger partial charge in [-0.25, -0.2) is 0 Å². The lowest BCUT2D eigenvalue weighted by molar-refractivity contribution is -0.136. The maximum absolute atomic E-state index is 12.8. The van der Waals surface area contributed by atoms with E-state index in [9.17, 15) is 4.79 Å². The molecule has 0 aromatic carbocycles. The van der Waals surface area contributed by atoms with E-state index in [2.05, 4.69) is 31.0 Å². The third kappa shape index (κ3) is 5.26. The molecule has 2 aliphatic rings. The molecular formula is C19H36N2O. The molecule has 2 heterocycles. The first-order valence-corrected chi connectivity index (χ1v) is 9.58. The van der Waals surface area contributed by atoms with E-state index in [0.29, 0.717) is 23.8 Å². The molecule has 2 aliphatic heterocycles. The highest BCUT2D eigenvalue weighted by Crippen LogP contribution is 2.27. The number of likely N-dealkylation sites (tertiary alicyclic amines) is 1. The molecule has 3 nitrogen and oxygen atoms in total. The number of hydrogen-bond donors (Lipinski definition) is 1. The summed E-state index contributed by atoms with van der Waals surface area (Å²) in [5.41, 5.74) is 0. The fraction of sp³-hybridized carbons (Fsp3) is 0.947. The van der Waals surface area contributed by atoms with Crippen molar-refractivity contribution in [3.8, 4) is 0 Å². The fourth-order valence-corrected chi connectivity index (χ4v) is 4.08. The van der Waals surface area contributed by atoms with Gasteiger partial charge in [0.15, 0.2) is 0 Å². The summed E-state index contributed by atoms with van der Waals surface area (Å²) in [4.78, 5) is 15.0. The second-order valence-electron chi connectivity index (χ2n) is 8.00. The zero-order valence-corrected chi connectivity index (χ0v) is 14.9. The Balaban J connectivity index is 1.84. The minimum Gasteiger partial charge on any atom is -0.340 e. The Kier molecular flexibility index (Phi) is 7.20. The molecule has 0 radical (unpaired) electrons. The Morgan fingerprint density at radius 1 is 1.18 bits per heavy atom. The van der Waals surface area contributed by atoms with Crippen molar-refractivity contribution in [1.29, 1.82) is 0 Å². The maximum atomic E-state index is 12.8. The van der Waals surface area contributed by atoms with Crippen LogP contribution in [0.25, 0.3) is 0 Å². The molecule has 2 rings (SSSR count). The van der Waals surface area contributed by atoms with E-state index in [4.69, 9.17) is 0 Å². The first kappa shape index (κ1) is 17.8. The van der Waals surface area contributed by atoms with Crippen molar-refractivity contribution in [1.82, 2.24) is 10.2 Å². The summed E-state index contributed by atoms with van der Waals surface area (Å²) in [7, 11) is 0. The Morgan fingerprint density at radius 3 is 2.68 bits per heavy atom. The zero-order chi connectivity index (χ0) is 15.9. The molecule has 0 aliphatic carbocycles. The Labute approximate surface area is 137 Å². The van der Waals surface area contributed by atoms with Gasteiger partial charge < -0.3 is 10.2 Å². The minimum atomic E-state index is 0.423. The summed E-state index contributed by atoms with van der Waals surface area (Å²) in [5, 5.41) is 3.49. The van der Waals surface area contributed by atoms with Gasteiger partial charge in [0.2, 0.25) is 5.91 Å². The Hall–Kier alpha value is -0.570. The van der Waals surface area contributed by atoms with Crippen molar-refractivity contribution in [2.75, 3.05) is 19.6 Å². The molecule has 0 aromatic rings. The normalized spacial score (nSPS) is 27.9. The van der Waals surface area contributed by atoms with Crippen molar-refractivity contribution < 1.29 is 4.79 Å². The molecule has 3 heteroatoms. The van der Waals surface area contributed by atoms with E-state index in [1.165, 1.54) is 44.9 Å². The molecule has 3 atom stereocenters. The van der Waals surface area contributed by atoms with Crippen molar-refractivity contribution in [3.63, 3.8) is 0 Å². The standard InChI is InChI=1S/C19H36N2O/c1-15(2)9-10-18-8-4-5-12-21(18)19(22)13-16(3)17-7-6-11-20-14-17/h15-18,20H,4-14H2,1-3H3. The highest BCUT2D eigenvalue weighted by molar-refractivity contribution is 5.76. The molecule has 0 bridgehead atoms. The second-order valence-corrected chi connectivity index (χ2v) is 8.00. The van der Waals surface area contributed by atoms with Crippen LogP contribution in [0.3, 0.4) is 0 Å². The van der Waals surface area contributed by atoms with Gasteiger partial charge in [0.25, 0.3) is 0 Å². The molecule has 1 amide bonds. The number of carbonyl (C=O) groups excluding carboxylic acids is 1. The molecule has 0 saturated carbocycles. The van der Waals surface area contributed by atoms with Gasteiger partial charge in [-0.2, -0.15) is 0 Å².